The van der Waals surface area contributed by atoms with E-state index in [1.165, 1.54) is 27.9 Å². The standard InChI is InChI=1S/C24H31N7/c1-19-6-4-9-23(20(19)2)29-10-12-30(13-11-29)24(25-3)27-15-21-7-5-8-22(14-21)16-31-18-26-17-28-31/h4-9,14,17-18H,10-13,15-16H2,1-3H3,(H,25,27). The number of rotatable bonds is 5. The summed E-state index contributed by atoms with van der Waals surface area (Å²) in [5.41, 5.74) is 6.52. The van der Waals surface area contributed by atoms with E-state index >= 15 is 0 Å². The van der Waals surface area contributed by atoms with Crippen LogP contribution in [0.1, 0.15) is 22.3 Å². The van der Waals surface area contributed by atoms with Crippen LogP contribution in [-0.4, -0.2) is 58.9 Å². The van der Waals surface area contributed by atoms with Crippen LogP contribution in [0.15, 0.2) is 60.1 Å². The number of hydrogen-bond donors (Lipinski definition) is 1. The van der Waals surface area contributed by atoms with E-state index in [2.05, 4.69) is 86.5 Å². The van der Waals surface area contributed by atoms with Crippen LogP contribution in [0.25, 0.3) is 0 Å². The van der Waals surface area contributed by atoms with Crippen LogP contribution in [0.5, 0.6) is 0 Å². The molecule has 1 aliphatic heterocycles. The minimum absolute atomic E-state index is 0.725. The summed E-state index contributed by atoms with van der Waals surface area (Å²) in [6, 6.07) is 15.1. The maximum atomic E-state index is 4.53. The predicted molar refractivity (Wildman–Crippen MR) is 125 cm³/mol. The van der Waals surface area contributed by atoms with Crippen LogP contribution in [0.2, 0.25) is 0 Å². The highest BCUT2D eigenvalue weighted by Crippen LogP contribution is 2.23. The molecule has 1 fully saturated rings. The number of aliphatic imine (C=N–C) groups is 1. The van der Waals surface area contributed by atoms with Crippen LogP contribution in [0, 0.1) is 13.8 Å². The van der Waals surface area contributed by atoms with Crippen molar-refractivity contribution in [2.24, 2.45) is 4.99 Å². The van der Waals surface area contributed by atoms with Crippen molar-refractivity contribution in [3.8, 4) is 0 Å². The molecular formula is C24H31N7. The molecule has 0 unspecified atom stereocenters. The molecule has 1 aromatic heterocycles. The second-order valence-electron chi connectivity index (χ2n) is 8.01. The highest BCUT2D eigenvalue weighted by Gasteiger charge is 2.21. The number of benzene rings is 2. The number of hydrogen-bond acceptors (Lipinski definition) is 4. The average Bonchev–Trinajstić information content (AvgIpc) is 3.30. The molecule has 7 heteroatoms. The Morgan fingerprint density at radius 2 is 1.81 bits per heavy atom. The Morgan fingerprint density at radius 1 is 1.03 bits per heavy atom. The van der Waals surface area contributed by atoms with Gasteiger partial charge in [0.05, 0.1) is 6.54 Å². The zero-order valence-electron chi connectivity index (χ0n) is 18.6. The molecule has 0 atom stereocenters. The summed E-state index contributed by atoms with van der Waals surface area (Å²) in [5.74, 6) is 0.960. The van der Waals surface area contributed by atoms with Crippen LogP contribution < -0.4 is 10.2 Å². The lowest BCUT2D eigenvalue weighted by Crippen LogP contribution is -2.52. The fraction of sp³-hybridized carbons (Fsp3) is 0.375. The molecule has 162 valence electrons. The summed E-state index contributed by atoms with van der Waals surface area (Å²) in [6.07, 6.45) is 3.31. The summed E-state index contributed by atoms with van der Waals surface area (Å²) in [5, 5.41) is 7.73. The quantitative estimate of drug-likeness (QED) is 0.511. The normalized spacial score (nSPS) is 14.7. The maximum Gasteiger partial charge on any atom is 0.194 e. The third-order valence-corrected chi connectivity index (χ3v) is 5.96. The van der Waals surface area contributed by atoms with Gasteiger partial charge in [0.2, 0.25) is 0 Å². The van der Waals surface area contributed by atoms with Crippen LogP contribution in [0.3, 0.4) is 0 Å². The van der Waals surface area contributed by atoms with E-state index in [0.29, 0.717) is 0 Å². The lowest BCUT2D eigenvalue weighted by atomic mass is 10.1. The Labute approximate surface area is 184 Å². The highest BCUT2D eigenvalue weighted by atomic mass is 15.3. The summed E-state index contributed by atoms with van der Waals surface area (Å²) in [7, 11) is 1.86. The first kappa shape index (κ1) is 20.9. The lowest BCUT2D eigenvalue weighted by molar-refractivity contribution is 0.372. The number of guanidine groups is 1. The monoisotopic (exact) mass is 417 g/mol. The van der Waals surface area contributed by atoms with Gasteiger partial charge in [0.1, 0.15) is 12.7 Å². The molecule has 0 spiro atoms. The van der Waals surface area contributed by atoms with Gasteiger partial charge in [0.15, 0.2) is 5.96 Å². The Balaban J connectivity index is 1.33. The smallest absolute Gasteiger partial charge is 0.194 e. The molecule has 4 rings (SSSR count). The lowest BCUT2D eigenvalue weighted by Gasteiger charge is -2.38. The van der Waals surface area contributed by atoms with E-state index in [4.69, 9.17) is 0 Å². The molecule has 1 N–H and O–H groups in total. The van der Waals surface area contributed by atoms with E-state index in [0.717, 1.165) is 45.2 Å². The van der Waals surface area contributed by atoms with Gasteiger partial charge in [-0.3, -0.25) is 4.99 Å². The Bertz CT molecular complexity index is 1020. The van der Waals surface area contributed by atoms with Crippen molar-refractivity contribution >= 4 is 11.6 Å². The van der Waals surface area contributed by atoms with Gasteiger partial charge in [0, 0.05) is 45.5 Å². The van der Waals surface area contributed by atoms with Crippen molar-refractivity contribution in [1.29, 1.82) is 0 Å². The van der Waals surface area contributed by atoms with Crippen molar-refractivity contribution in [2.45, 2.75) is 26.9 Å². The molecule has 2 heterocycles. The number of aryl methyl sites for hydroxylation is 1. The van der Waals surface area contributed by atoms with Crippen molar-refractivity contribution in [3.05, 3.63) is 77.4 Å². The molecule has 0 amide bonds. The highest BCUT2D eigenvalue weighted by molar-refractivity contribution is 5.80. The number of aromatic nitrogens is 3. The van der Waals surface area contributed by atoms with E-state index < -0.39 is 0 Å². The zero-order valence-corrected chi connectivity index (χ0v) is 18.6. The fourth-order valence-electron chi connectivity index (χ4n) is 4.09. The largest absolute Gasteiger partial charge is 0.368 e. The molecule has 0 aliphatic carbocycles. The minimum Gasteiger partial charge on any atom is -0.368 e. The molecular weight excluding hydrogens is 386 g/mol. The van der Waals surface area contributed by atoms with Crippen LogP contribution in [-0.2, 0) is 13.1 Å². The van der Waals surface area contributed by atoms with Crippen molar-refractivity contribution < 1.29 is 0 Å². The summed E-state index contributed by atoms with van der Waals surface area (Å²) >= 11 is 0. The molecule has 1 aliphatic rings. The molecule has 7 nitrogen and oxygen atoms in total. The molecule has 0 saturated carbocycles. The maximum absolute atomic E-state index is 4.53. The fourth-order valence-corrected chi connectivity index (χ4v) is 4.09. The van der Waals surface area contributed by atoms with E-state index in [9.17, 15) is 0 Å². The van der Waals surface area contributed by atoms with E-state index in [1.54, 1.807) is 12.7 Å². The number of anilines is 1. The zero-order chi connectivity index (χ0) is 21.6. The molecule has 3 aromatic rings. The molecule has 1 saturated heterocycles. The first-order chi connectivity index (χ1) is 15.1. The third-order valence-electron chi connectivity index (χ3n) is 5.96. The van der Waals surface area contributed by atoms with Gasteiger partial charge in [0.25, 0.3) is 0 Å². The van der Waals surface area contributed by atoms with Gasteiger partial charge in [-0.05, 0) is 42.2 Å². The van der Waals surface area contributed by atoms with Gasteiger partial charge in [-0.2, -0.15) is 5.10 Å². The minimum atomic E-state index is 0.725. The van der Waals surface area contributed by atoms with Crippen LogP contribution in [0.4, 0.5) is 5.69 Å². The topological polar surface area (TPSA) is 61.6 Å². The van der Waals surface area contributed by atoms with Gasteiger partial charge >= 0.3 is 0 Å². The van der Waals surface area contributed by atoms with E-state index in [1.807, 2.05) is 11.7 Å². The first-order valence-corrected chi connectivity index (χ1v) is 10.8. The number of piperazine rings is 1. The third kappa shape index (κ3) is 5.05. The van der Waals surface area contributed by atoms with Gasteiger partial charge < -0.3 is 15.1 Å². The SMILES string of the molecule is CN=C(NCc1cccc(Cn2cncn2)c1)N1CCN(c2cccc(C)c2C)CC1. The molecule has 2 aromatic carbocycles. The van der Waals surface area contributed by atoms with Crippen LogP contribution >= 0.6 is 0 Å². The predicted octanol–water partition coefficient (Wildman–Crippen LogP) is 2.84. The van der Waals surface area contributed by atoms with Gasteiger partial charge in [-0.15, -0.1) is 0 Å². The molecule has 0 bridgehead atoms. The second kappa shape index (κ2) is 9.64. The van der Waals surface area contributed by atoms with Gasteiger partial charge in [-0.25, -0.2) is 9.67 Å². The average molecular weight is 418 g/mol. The number of nitrogens with zero attached hydrogens (tertiary/aromatic N) is 6. The summed E-state index contributed by atoms with van der Waals surface area (Å²) in [6.45, 7) is 9.78. The van der Waals surface area contributed by atoms with Crippen molar-refractivity contribution in [2.75, 3.05) is 38.1 Å². The van der Waals surface area contributed by atoms with Crippen molar-refractivity contribution in [1.82, 2.24) is 25.0 Å². The Morgan fingerprint density at radius 3 is 2.55 bits per heavy atom. The van der Waals surface area contributed by atoms with Crippen molar-refractivity contribution in [3.63, 3.8) is 0 Å². The Hall–Kier alpha value is -3.35. The number of nitrogens with one attached hydrogen (secondary N) is 1. The first-order valence-electron chi connectivity index (χ1n) is 10.8. The molecule has 0 radical (unpaired) electrons. The van der Waals surface area contributed by atoms with Gasteiger partial charge in [-0.1, -0.05) is 36.4 Å². The second-order valence-corrected chi connectivity index (χ2v) is 8.01. The summed E-state index contributed by atoms with van der Waals surface area (Å²) < 4.78 is 1.83. The summed E-state index contributed by atoms with van der Waals surface area (Å²) in [4.78, 5) is 13.4. The molecule has 31 heavy (non-hydrogen) atoms. The van der Waals surface area contributed by atoms with E-state index in [-0.39, 0.29) is 0 Å². The Kier molecular flexibility index (Phi) is 6.50.